The third-order valence-corrected chi connectivity index (χ3v) is 2.17. The van der Waals surface area contributed by atoms with Crippen molar-refractivity contribution in [2.45, 2.75) is 19.0 Å². The second-order valence-corrected chi connectivity index (χ2v) is 3.30. The van der Waals surface area contributed by atoms with Crippen LogP contribution in [0.25, 0.3) is 0 Å². The molecule has 1 aromatic rings. The first kappa shape index (κ1) is 12.5. The molecule has 0 aliphatic rings. The predicted molar refractivity (Wildman–Crippen MR) is 47.5 cm³/mol. The Balaban J connectivity index is 3.14. The third kappa shape index (κ3) is 2.50. The van der Waals surface area contributed by atoms with Gasteiger partial charge in [-0.2, -0.15) is 13.2 Å². The highest BCUT2D eigenvalue weighted by atomic mass is 19.4. The zero-order chi connectivity index (χ0) is 12.5. The smallest absolute Gasteiger partial charge is 0.419 e. The van der Waals surface area contributed by atoms with Crippen molar-refractivity contribution in [3.05, 3.63) is 35.1 Å². The number of hydrogen-bond acceptors (Lipinski definition) is 1. The van der Waals surface area contributed by atoms with E-state index in [0.717, 1.165) is 6.07 Å². The quantitative estimate of drug-likeness (QED) is 0.801. The number of alkyl halides is 3. The molecule has 6 heteroatoms. The number of rotatable bonds is 2. The summed E-state index contributed by atoms with van der Waals surface area (Å²) in [6.07, 6.45) is -4.77. The fraction of sp³-hybridized carbons (Fsp3) is 0.300. The van der Waals surface area contributed by atoms with Gasteiger partial charge in [0.05, 0.1) is 11.5 Å². The predicted octanol–water partition coefficient (Wildman–Crippen LogP) is 3.03. The van der Waals surface area contributed by atoms with Gasteiger partial charge in [0.1, 0.15) is 5.82 Å². The van der Waals surface area contributed by atoms with Crippen molar-refractivity contribution in [2.24, 2.45) is 0 Å². The lowest BCUT2D eigenvalue weighted by molar-refractivity contribution is -0.140. The highest BCUT2D eigenvalue weighted by molar-refractivity contribution is 5.75. The SMILES string of the molecule is CC(C(=O)O)c1ccc(C(F)(F)F)c(F)c1. The molecule has 0 saturated heterocycles. The number of halogens is 4. The standard InChI is InChI=1S/C10H8F4O2/c1-5(9(15)16)6-2-3-7(8(11)4-6)10(12,13)14/h2-5H,1H3,(H,15,16). The minimum Gasteiger partial charge on any atom is -0.481 e. The molecule has 0 bridgehead atoms. The second-order valence-electron chi connectivity index (χ2n) is 3.30. The Labute approximate surface area is 88.5 Å². The number of hydrogen-bond donors (Lipinski definition) is 1. The van der Waals surface area contributed by atoms with Crippen LogP contribution < -0.4 is 0 Å². The van der Waals surface area contributed by atoms with Crippen LogP contribution in [0.4, 0.5) is 17.6 Å². The summed E-state index contributed by atoms with van der Waals surface area (Å²) in [6.45, 7) is 1.27. The number of carbonyl (C=O) groups is 1. The lowest BCUT2D eigenvalue weighted by Gasteiger charge is -2.11. The maximum atomic E-state index is 13.1. The van der Waals surface area contributed by atoms with Gasteiger partial charge in [0.25, 0.3) is 0 Å². The molecular formula is C10H8F4O2. The van der Waals surface area contributed by atoms with Crippen LogP contribution in [0, 0.1) is 5.82 Å². The van der Waals surface area contributed by atoms with E-state index in [0.29, 0.717) is 12.1 Å². The summed E-state index contributed by atoms with van der Waals surface area (Å²) >= 11 is 0. The Hall–Kier alpha value is -1.59. The Morgan fingerprint density at radius 1 is 1.38 bits per heavy atom. The number of aliphatic carboxylic acids is 1. The molecule has 0 aromatic heterocycles. The topological polar surface area (TPSA) is 37.3 Å². The van der Waals surface area contributed by atoms with E-state index < -0.39 is 29.4 Å². The highest BCUT2D eigenvalue weighted by Crippen LogP contribution is 2.32. The monoisotopic (exact) mass is 236 g/mol. The van der Waals surface area contributed by atoms with Crippen LogP contribution in [0.5, 0.6) is 0 Å². The van der Waals surface area contributed by atoms with E-state index in [1.54, 1.807) is 0 Å². The molecule has 0 fully saturated rings. The third-order valence-electron chi connectivity index (χ3n) is 2.17. The summed E-state index contributed by atoms with van der Waals surface area (Å²) in [6, 6.07) is 2.11. The molecule has 0 spiro atoms. The molecule has 0 amide bonds. The van der Waals surface area contributed by atoms with Gasteiger partial charge in [-0.3, -0.25) is 4.79 Å². The first-order chi connectivity index (χ1) is 7.23. The molecule has 16 heavy (non-hydrogen) atoms. The summed E-state index contributed by atoms with van der Waals surface area (Å²) in [7, 11) is 0. The molecular weight excluding hydrogens is 228 g/mol. The van der Waals surface area contributed by atoms with Crippen molar-refractivity contribution in [3.8, 4) is 0 Å². The van der Waals surface area contributed by atoms with Crippen molar-refractivity contribution >= 4 is 5.97 Å². The van der Waals surface area contributed by atoms with E-state index in [4.69, 9.17) is 5.11 Å². The van der Waals surface area contributed by atoms with Gasteiger partial charge in [-0.1, -0.05) is 6.07 Å². The van der Waals surface area contributed by atoms with Crippen LogP contribution in [0.1, 0.15) is 24.0 Å². The van der Waals surface area contributed by atoms with E-state index in [2.05, 4.69) is 0 Å². The van der Waals surface area contributed by atoms with Crippen LogP contribution in [0.3, 0.4) is 0 Å². The molecule has 0 heterocycles. The van der Waals surface area contributed by atoms with Crippen molar-refractivity contribution in [3.63, 3.8) is 0 Å². The number of benzene rings is 1. The Morgan fingerprint density at radius 2 is 1.94 bits per heavy atom. The Kier molecular flexibility index (Phi) is 3.21. The molecule has 0 aliphatic carbocycles. The first-order valence-electron chi connectivity index (χ1n) is 4.33. The van der Waals surface area contributed by atoms with Gasteiger partial charge in [-0.05, 0) is 24.6 Å². The fourth-order valence-corrected chi connectivity index (χ4v) is 1.17. The van der Waals surface area contributed by atoms with Gasteiger partial charge < -0.3 is 5.11 Å². The summed E-state index contributed by atoms with van der Waals surface area (Å²) in [5.74, 6) is -3.73. The van der Waals surface area contributed by atoms with Crippen molar-refractivity contribution in [2.75, 3.05) is 0 Å². The highest BCUT2D eigenvalue weighted by Gasteiger charge is 2.34. The maximum Gasteiger partial charge on any atom is 0.419 e. The summed E-state index contributed by atoms with van der Waals surface area (Å²) < 4.78 is 49.6. The maximum absolute atomic E-state index is 13.1. The van der Waals surface area contributed by atoms with Crippen molar-refractivity contribution < 1.29 is 27.5 Å². The van der Waals surface area contributed by atoms with Crippen LogP contribution in [-0.4, -0.2) is 11.1 Å². The average Bonchev–Trinajstić information content (AvgIpc) is 2.14. The average molecular weight is 236 g/mol. The van der Waals surface area contributed by atoms with E-state index in [1.807, 2.05) is 0 Å². The van der Waals surface area contributed by atoms with Crippen LogP contribution in [0.15, 0.2) is 18.2 Å². The minimum absolute atomic E-state index is 0.00185. The molecule has 2 nitrogen and oxygen atoms in total. The largest absolute Gasteiger partial charge is 0.481 e. The van der Waals surface area contributed by atoms with Crippen LogP contribution in [0.2, 0.25) is 0 Å². The first-order valence-corrected chi connectivity index (χ1v) is 4.33. The molecule has 1 N–H and O–H groups in total. The minimum atomic E-state index is -4.77. The van der Waals surface area contributed by atoms with Gasteiger partial charge in [0.15, 0.2) is 0 Å². The zero-order valence-corrected chi connectivity index (χ0v) is 8.18. The normalized spacial score (nSPS) is 13.6. The zero-order valence-electron chi connectivity index (χ0n) is 8.18. The van der Waals surface area contributed by atoms with Gasteiger partial charge in [0, 0.05) is 0 Å². The summed E-state index contributed by atoms with van der Waals surface area (Å²) in [5, 5.41) is 8.61. The van der Waals surface area contributed by atoms with E-state index in [1.165, 1.54) is 6.92 Å². The number of carboxylic acids is 1. The van der Waals surface area contributed by atoms with Crippen LogP contribution >= 0.6 is 0 Å². The second kappa shape index (κ2) is 4.11. The Morgan fingerprint density at radius 3 is 2.31 bits per heavy atom. The summed E-state index contributed by atoms with van der Waals surface area (Å²) in [5.41, 5.74) is -1.40. The van der Waals surface area contributed by atoms with Crippen LogP contribution in [-0.2, 0) is 11.0 Å². The fourth-order valence-electron chi connectivity index (χ4n) is 1.17. The molecule has 0 radical (unpaired) electrons. The molecule has 1 atom stereocenters. The molecule has 88 valence electrons. The lowest BCUT2D eigenvalue weighted by Crippen LogP contribution is -2.11. The van der Waals surface area contributed by atoms with Gasteiger partial charge in [0.2, 0.25) is 0 Å². The molecule has 1 rings (SSSR count). The molecule has 0 aliphatic heterocycles. The Bertz CT molecular complexity index is 412. The van der Waals surface area contributed by atoms with Gasteiger partial charge >= 0.3 is 12.1 Å². The van der Waals surface area contributed by atoms with Gasteiger partial charge in [-0.25, -0.2) is 4.39 Å². The van der Waals surface area contributed by atoms with E-state index in [-0.39, 0.29) is 5.56 Å². The van der Waals surface area contributed by atoms with E-state index >= 15 is 0 Å². The molecule has 1 unspecified atom stereocenters. The van der Waals surface area contributed by atoms with E-state index in [9.17, 15) is 22.4 Å². The number of carboxylic acid groups (broad SMARTS) is 1. The summed E-state index contributed by atoms with van der Waals surface area (Å²) in [4.78, 5) is 10.5. The van der Waals surface area contributed by atoms with Crippen molar-refractivity contribution in [1.29, 1.82) is 0 Å². The molecule has 0 saturated carbocycles. The van der Waals surface area contributed by atoms with Gasteiger partial charge in [-0.15, -0.1) is 0 Å². The van der Waals surface area contributed by atoms with Crippen molar-refractivity contribution in [1.82, 2.24) is 0 Å². The lowest BCUT2D eigenvalue weighted by atomic mass is 9.99. The molecule has 1 aromatic carbocycles.